The molecule has 2 aromatic carbocycles. The summed E-state index contributed by atoms with van der Waals surface area (Å²) >= 11 is 6.98. The number of hydrogen-bond acceptors (Lipinski definition) is 14. The summed E-state index contributed by atoms with van der Waals surface area (Å²) in [7, 11) is 0. The van der Waals surface area contributed by atoms with Gasteiger partial charge in [-0.25, -0.2) is 14.6 Å². The first-order valence-electron chi connectivity index (χ1n) is 20.5. The summed E-state index contributed by atoms with van der Waals surface area (Å²) in [5, 5.41) is 7.29. The Morgan fingerprint density at radius 2 is 1.17 bits per heavy atom. The number of aromatic nitrogens is 4. The SMILES string of the molecule is C.C.CC(C)(C)OC(=O)N1CCC(CC(=O)c2noc(C(C)(C)C)n2)c2ccc(Br)cc2C1.CC(C)(C)OC(=O)N1CCC(N)c2ccc(Br)cc2C1.CC(C)(C)c1nc([C-]=O)no1.[K+].[OH-]. The van der Waals surface area contributed by atoms with E-state index >= 15 is 0 Å². The summed E-state index contributed by atoms with van der Waals surface area (Å²) in [6.07, 6.45) is 2.56. The molecule has 0 radical (unpaired) electrons. The van der Waals surface area contributed by atoms with Crippen molar-refractivity contribution in [2.75, 3.05) is 13.1 Å². The zero-order valence-corrected chi connectivity index (χ0v) is 45.6. The smallest absolute Gasteiger partial charge is 0.870 e. The minimum Gasteiger partial charge on any atom is -0.870 e. The van der Waals surface area contributed by atoms with E-state index in [2.05, 4.69) is 52.1 Å². The molecule has 0 spiro atoms. The van der Waals surface area contributed by atoms with Crippen LogP contribution in [0.2, 0.25) is 0 Å². The van der Waals surface area contributed by atoms with E-state index in [0.29, 0.717) is 44.4 Å². The van der Waals surface area contributed by atoms with Crippen LogP contribution in [0.4, 0.5) is 9.59 Å². The van der Waals surface area contributed by atoms with Gasteiger partial charge in [-0.1, -0.05) is 111 Å². The molecule has 0 bridgehead atoms. The van der Waals surface area contributed by atoms with E-state index in [9.17, 15) is 19.2 Å². The molecular weight excluding hydrogens is 1010 g/mol. The van der Waals surface area contributed by atoms with Crippen LogP contribution in [0.1, 0.15) is 180 Å². The first kappa shape index (κ1) is 63.1. The average molecular weight is 1080 g/mol. The second-order valence-electron chi connectivity index (χ2n) is 19.4. The number of nitrogens with zero attached hydrogens (tertiary/aromatic N) is 6. The second-order valence-corrected chi connectivity index (χ2v) is 21.3. The summed E-state index contributed by atoms with van der Waals surface area (Å²) in [5.41, 5.74) is 8.87. The molecule has 19 heteroatoms. The van der Waals surface area contributed by atoms with E-state index in [1.807, 2.05) is 119 Å². The molecule has 0 fully saturated rings. The average Bonchev–Trinajstić information content (AvgIpc) is 3.79. The van der Waals surface area contributed by atoms with Gasteiger partial charge in [-0.15, -0.1) is 0 Å². The molecule has 2 aromatic heterocycles. The van der Waals surface area contributed by atoms with Gasteiger partial charge in [0, 0.05) is 58.4 Å². The third-order valence-corrected chi connectivity index (χ3v) is 10.4. The van der Waals surface area contributed by atoms with Gasteiger partial charge in [0.15, 0.2) is 0 Å². The van der Waals surface area contributed by atoms with Crippen LogP contribution in [-0.4, -0.2) is 84.1 Å². The van der Waals surface area contributed by atoms with Crippen molar-refractivity contribution in [3.05, 3.63) is 91.0 Å². The number of carbonyl (C=O) groups is 3. The van der Waals surface area contributed by atoms with Gasteiger partial charge in [0.25, 0.3) is 0 Å². The summed E-state index contributed by atoms with van der Waals surface area (Å²) in [4.78, 5) is 59.4. The fourth-order valence-electron chi connectivity index (χ4n) is 6.37. The molecule has 2 aliphatic rings. The van der Waals surface area contributed by atoms with Crippen LogP contribution in [-0.2, 0) is 38.2 Å². The molecule has 4 heterocycles. The molecular formula is C47H69Br2KN7O9-. The summed E-state index contributed by atoms with van der Waals surface area (Å²) in [6, 6.07) is 12.0. The minimum atomic E-state index is -0.567. The normalized spacial score (nSPS) is 15.8. The number of amides is 2. The van der Waals surface area contributed by atoms with E-state index < -0.39 is 11.2 Å². The molecule has 2 unspecified atom stereocenters. The van der Waals surface area contributed by atoms with Crippen LogP contribution in [0, 0.1) is 0 Å². The second kappa shape index (κ2) is 26.2. The van der Waals surface area contributed by atoms with Gasteiger partial charge < -0.3 is 44.3 Å². The first-order valence-corrected chi connectivity index (χ1v) is 22.1. The molecule has 2 atom stereocenters. The quantitative estimate of drug-likeness (QED) is 0.116. The van der Waals surface area contributed by atoms with E-state index in [1.165, 1.54) is 0 Å². The number of nitrogens with two attached hydrogens (primary N) is 1. The number of ether oxygens (including phenoxy) is 2. The maximum atomic E-state index is 12.9. The number of hydrogen-bond donors (Lipinski definition) is 1. The summed E-state index contributed by atoms with van der Waals surface area (Å²) in [6.45, 7) is 24.9. The van der Waals surface area contributed by atoms with Gasteiger partial charge in [0.1, 0.15) is 11.2 Å². The van der Waals surface area contributed by atoms with Crippen molar-refractivity contribution < 1.29 is 94.6 Å². The molecule has 4 aromatic rings. The molecule has 0 saturated heterocycles. The fourth-order valence-corrected chi connectivity index (χ4v) is 7.19. The number of halogens is 2. The number of fused-ring (bicyclic) bond motifs is 2. The van der Waals surface area contributed by atoms with Gasteiger partial charge in [0.05, 0.1) is 5.82 Å². The predicted octanol–water partition coefficient (Wildman–Crippen LogP) is 8.14. The van der Waals surface area contributed by atoms with Crippen LogP contribution < -0.4 is 57.1 Å². The zero-order chi connectivity index (χ0) is 46.4. The fraction of sp³-hybridized carbons (Fsp3) is 0.574. The first-order chi connectivity index (χ1) is 28.6. The topological polar surface area (TPSA) is 227 Å². The third kappa shape index (κ3) is 19.3. The van der Waals surface area contributed by atoms with Gasteiger partial charge in [-0.2, -0.15) is 11.3 Å². The van der Waals surface area contributed by atoms with Crippen molar-refractivity contribution in [3.8, 4) is 0 Å². The van der Waals surface area contributed by atoms with Crippen LogP contribution in [0.5, 0.6) is 0 Å². The van der Waals surface area contributed by atoms with Crippen LogP contribution in [0.3, 0.4) is 0 Å². The number of benzene rings is 2. The minimum absolute atomic E-state index is 0. The van der Waals surface area contributed by atoms with Gasteiger partial charge >= 0.3 is 63.6 Å². The Balaban J connectivity index is 0.00000104. The predicted molar refractivity (Wildman–Crippen MR) is 256 cm³/mol. The largest absolute Gasteiger partial charge is 1.00 e. The Labute approximate surface area is 450 Å². The number of rotatable bonds is 4. The maximum absolute atomic E-state index is 12.9. The molecule has 0 aliphatic carbocycles. The van der Waals surface area contributed by atoms with Crippen LogP contribution in [0.25, 0.3) is 0 Å². The van der Waals surface area contributed by atoms with Crippen molar-refractivity contribution >= 4 is 56.1 Å². The van der Waals surface area contributed by atoms with E-state index in [4.69, 9.17) is 24.3 Å². The van der Waals surface area contributed by atoms with Gasteiger partial charge in [-0.3, -0.25) is 4.79 Å². The third-order valence-electron chi connectivity index (χ3n) is 9.44. The van der Waals surface area contributed by atoms with Crippen molar-refractivity contribution in [1.29, 1.82) is 0 Å². The Kier molecular flexibility index (Phi) is 25.0. The number of Topliss-reactive ketones (excluding diaryl/α,β-unsaturated/α-hetero) is 1. The Bertz CT molecular complexity index is 2210. The molecule has 16 nitrogen and oxygen atoms in total. The number of ketones is 1. The summed E-state index contributed by atoms with van der Waals surface area (Å²) in [5.74, 6) is 0.767. The number of carbonyl (C=O) groups excluding carboxylic acids is 4. The van der Waals surface area contributed by atoms with Crippen molar-refractivity contribution in [2.45, 2.75) is 164 Å². The van der Waals surface area contributed by atoms with E-state index in [1.54, 1.807) is 16.1 Å². The Hall–Kier alpha value is -2.88. The van der Waals surface area contributed by atoms with Gasteiger partial charge in [0.2, 0.25) is 23.4 Å². The van der Waals surface area contributed by atoms with E-state index in [0.717, 1.165) is 37.6 Å². The monoisotopic (exact) mass is 1070 g/mol. The van der Waals surface area contributed by atoms with Crippen LogP contribution >= 0.6 is 31.9 Å². The summed E-state index contributed by atoms with van der Waals surface area (Å²) < 4.78 is 23.0. The molecule has 6 rings (SSSR count). The standard InChI is InChI=1S/C23H30BrN3O4.C15H21BrN2O2.C7H9N2O2.2CH4.K.H2O/c1-22(2,3)20-25-19(26-31-20)18(28)12-14-9-10-27(21(29)30-23(4,5)6)13-15-11-16(24)7-8-17(14)15;1-15(2,3)20-14(19)18-7-6-13(17)12-5-4-11(16)8-10(12)9-18;1-7(2,3)6-8-5(4-10)9-11-6;;;;/h7-8,11,14H,9-10,12-13H2,1-6H3;4-5,8,13H,6-7,9,17H2,1-3H3;1-3H3;2*1H4;;1H2/q;;-1;;;+1;/p-1. The van der Waals surface area contributed by atoms with Crippen molar-refractivity contribution in [2.24, 2.45) is 5.73 Å². The Morgan fingerprint density at radius 3 is 1.59 bits per heavy atom. The molecule has 2 aliphatic heterocycles. The zero-order valence-electron chi connectivity index (χ0n) is 39.3. The van der Waals surface area contributed by atoms with Gasteiger partial charge in [-0.05, 0) is 107 Å². The maximum Gasteiger partial charge on any atom is 1.00 e. The molecule has 3 N–H and O–H groups in total. The van der Waals surface area contributed by atoms with Crippen molar-refractivity contribution in [1.82, 2.24) is 30.1 Å². The molecule has 2 amide bonds. The van der Waals surface area contributed by atoms with E-state index in [-0.39, 0.29) is 131 Å². The molecule has 66 heavy (non-hydrogen) atoms. The van der Waals surface area contributed by atoms with Crippen LogP contribution in [0.15, 0.2) is 54.4 Å². The Morgan fingerprint density at radius 1 is 0.727 bits per heavy atom. The molecule has 362 valence electrons. The van der Waals surface area contributed by atoms with Crippen molar-refractivity contribution in [3.63, 3.8) is 0 Å². The molecule has 0 saturated carbocycles.